The van der Waals surface area contributed by atoms with E-state index in [2.05, 4.69) is 25.6 Å². The molecule has 0 rings (SSSR count). The van der Waals surface area contributed by atoms with E-state index < -0.39 is 0 Å². The molecule has 30 heavy (non-hydrogen) atoms. The topological polar surface area (TPSA) is 0 Å². The summed E-state index contributed by atoms with van der Waals surface area (Å²) < 4.78 is 0. The second-order valence-electron chi connectivity index (χ2n) is 9.74. The molecule has 0 unspecified atom stereocenters. The van der Waals surface area contributed by atoms with Crippen LogP contribution in [-0.2, 0) is 0 Å². The van der Waals surface area contributed by atoms with Crippen LogP contribution < -0.4 is 0 Å². The maximum absolute atomic E-state index is 2.30. The molecule has 182 valence electrons. The third kappa shape index (κ3) is 28.4. The van der Waals surface area contributed by atoms with Crippen molar-refractivity contribution in [1.29, 1.82) is 0 Å². The Morgan fingerprint density at radius 1 is 0.267 bits per heavy atom. The molecule has 0 aromatic heterocycles. The zero-order valence-electron chi connectivity index (χ0n) is 21.5. The lowest BCUT2D eigenvalue weighted by Gasteiger charge is -2.04. The molecule has 0 aliphatic rings. The summed E-state index contributed by atoms with van der Waals surface area (Å²) in [5.41, 5.74) is 0. The lowest BCUT2D eigenvalue weighted by Crippen LogP contribution is -1.87. The van der Waals surface area contributed by atoms with Crippen molar-refractivity contribution in [3.8, 4) is 0 Å². The zero-order valence-corrected chi connectivity index (χ0v) is 22.3. The van der Waals surface area contributed by atoms with Crippen molar-refractivity contribution in [2.24, 2.45) is 0 Å². The Labute approximate surface area is 197 Å². The van der Waals surface area contributed by atoms with E-state index in [1.807, 2.05) is 0 Å². The predicted molar refractivity (Wildman–Crippen MR) is 144 cm³/mol. The average molecular weight is 441 g/mol. The highest BCUT2D eigenvalue weighted by atomic mass is 32.2. The highest BCUT2D eigenvalue weighted by Gasteiger charge is 1.96. The highest BCUT2D eigenvalue weighted by molar-refractivity contribution is 7.99. The molecule has 0 heterocycles. The van der Waals surface area contributed by atoms with Crippen LogP contribution in [0.5, 0.6) is 0 Å². The van der Waals surface area contributed by atoms with E-state index in [0.29, 0.717) is 0 Å². The van der Waals surface area contributed by atoms with Crippen LogP contribution in [0.3, 0.4) is 0 Å². The molecule has 0 fully saturated rings. The van der Waals surface area contributed by atoms with Gasteiger partial charge in [-0.1, -0.05) is 162 Å². The van der Waals surface area contributed by atoms with E-state index in [0.717, 1.165) is 0 Å². The third-order valence-corrected chi connectivity index (χ3v) is 7.69. The summed E-state index contributed by atoms with van der Waals surface area (Å²) >= 11 is 2.22. The number of unbranched alkanes of at least 4 members (excludes halogenated alkanes) is 23. The SMILES string of the molecule is CCCCCCCCCCCCCCCCSCCCCCCCCCCCCC. The normalized spacial score (nSPS) is 11.4. The molecule has 0 radical (unpaired) electrons. The van der Waals surface area contributed by atoms with Crippen LogP contribution in [0, 0.1) is 0 Å². The molecule has 0 saturated carbocycles. The van der Waals surface area contributed by atoms with Crippen LogP contribution in [-0.4, -0.2) is 11.5 Å². The molecule has 0 aliphatic carbocycles. The van der Waals surface area contributed by atoms with Crippen molar-refractivity contribution < 1.29 is 0 Å². The number of thioether (sulfide) groups is 1. The molecule has 0 spiro atoms. The van der Waals surface area contributed by atoms with Gasteiger partial charge in [-0.05, 0) is 24.3 Å². The molecule has 1 heteroatoms. The van der Waals surface area contributed by atoms with E-state index >= 15 is 0 Å². The van der Waals surface area contributed by atoms with Crippen LogP contribution in [0.2, 0.25) is 0 Å². The smallest absolute Gasteiger partial charge is 0.00675 e. The summed E-state index contributed by atoms with van der Waals surface area (Å²) in [4.78, 5) is 0. The largest absolute Gasteiger partial charge is 0.162 e. The summed E-state index contributed by atoms with van der Waals surface area (Å²) in [5, 5.41) is 0. The molecule has 0 bridgehead atoms. The minimum atomic E-state index is 1.37. The second kappa shape index (κ2) is 29.4. The lowest BCUT2D eigenvalue weighted by atomic mass is 10.0. The maximum Gasteiger partial charge on any atom is -0.00675 e. The molecule has 0 atom stereocenters. The lowest BCUT2D eigenvalue weighted by molar-refractivity contribution is 0.538. The van der Waals surface area contributed by atoms with Gasteiger partial charge >= 0.3 is 0 Å². The summed E-state index contributed by atoms with van der Waals surface area (Å²) in [6, 6.07) is 0. The van der Waals surface area contributed by atoms with E-state index in [1.165, 1.54) is 172 Å². The van der Waals surface area contributed by atoms with Gasteiger partial charge in [0.25, 0.3) is 0 Å². The van der Waals surface area contributed by atoms with Gasteiger partial charge in [-0.2, -0.15) is 11.8 Å². The predicted octanol–water partition coefficient (Wildman–Crippen LogP) is 11.5. The summed E-state index contributed by atoms with van der Waals surface area (Å²) in [5.74, 6) is 2.82. The van der Waals surface area contributed by atoms with Crippen molar-refractivity contribution in [3.63, 3.8) is 0 Å². The van der Waals surface area contributed by atoms with E-state index in [9.17, 15) is 0 Å². The van der Waals surface area contributed by atoms with Crippen LogP contribution in [0.4, 0.5) is 0 Å². The van der Waals surface area contributed by atoms with Crippen molar-refractivity contribution in [1.82, 2.24) is 0 Å². The van der Waals surface area contributed by atoms with Crippen molar-refractivity contribution >= 4 is 11.8 Å². The number of rotatable bonds is 27. The van der Waals surface area contributed by atoms with Gasteiger partial charge in [0.15, 0.2) is 0 Å². The minimum Gasteiger partial charge on any atom is -0.162 e. The Bertz CT molecular complexity index is 248. The standard InChI is InChI=1S/C29H60S/c1-3-5-7-9-11-13-15-16-17-19-21-23-25-27-29-30-28-26-24-22-20-18-14-12-10-8-6-4-2/h3-29H2,1-2H3. The molecule has 0 N–H and O–H groups in total. The molecule has 0 aliphatic heterocycles. The maximum atomic E-state index is 2.30. The Morgan fingerprint density at radius 2 is 0.467 bits per heavy atom. The first-order chi connectivity index (χ1) is 14.9. The average Bonchev–Trinajstić information content (AvgIpc) is 2.76. The molecule has 0 amide bonds. The fraction of sp³-hybridized carbons (Fsp3) is 1.00. The van der Waals surface area contributed by atoms with Crippen molar-refractivity contribution in [3.05, 3.63) is 0 Å². The van der Waals surface area contributed by atoms with Gasteiger partial charge in [0.05, 0.1) is 0 Å². The number of hydrogen-bond acceptors (Lipinski definition) is 1. The van der Waals surface area contributed by atoms with E-state index in [-0.39, 0.29) is 0 Å². The quantitative estimate of drug-likeness (QED) is 0.114. The first-order valence-electron chi connectivity index (χ1n) is 14.5. The van der Waals surface area contributed by atoms with Gasteiger partial charge in [0, 0.05) is 0 Å². The van der Waals surface area contributed by atoms with Gasteiger partial charge in [0.2, 0.25) is 0 Å². The van der Waals surface area contributed by atoms with E-state index in [4.69, 9.17) is 0 Å². The third-order valence-electron chi connectivity index (χ3n) is 6.53. The molecule has 0 saturated heterocycles. The Kier molecular flexibility index (Phi) is 29.7. The fourth-order valence-electron chi connectivity index (χ4n) is 4.37. The van der Waals surface area contributed by atoms with Crippen LogP contribution in [0.25, 0.3) is 0 Å². The van der Waals surface area contributed by atoms with Crippen molar-refractivity contribution in [2.75, 3.05) is 11.5 Å². The fourth-order valence-corrected chi connectivity index (χ4v) is 5.39. The van der Waals surface area contributed by atoms with Gasteiger partial charge in [0.1, 0.15) is 0 Å². The molecule has 0 nitrogen and oxygen atoms in total. The van der Waals surface area contributed by atoms with E-state index in [1.54, 1.807) is 0 Å². The summed E-state index contributed by atoms with van der Waals surface area (Å²) in [6.07, 6.45) is 36.7. The minimum absolute atomic E-state index is 1.37. The first kappa shape index (κ1) is 30.4. The van der Waals surface area contributed by atoms with Gasteiger partial charge < -0.3 is 0 Å². The Hall–Kier alpha value is 0.350. The Morgan fingerprint density at radius 3 is 0.700 bits per heavy atom. The number of hydrogen-bond donors (Lipinski definition) is 0. The summed E-state index contributed by atoms with van der Waals surface area (Å²) in [6.45, 7) is 4.61. The molecular formula is C29H60S. The molecule has 0 aromatic rings. The monoisotopic (exact) mass is 440 g/mol. The summed E-state index contributed by atoms with van der Waals surface area (Å²) in [7, 11) is 0. The van der Waals surface area contributed by atoms with Gasteiger partial charge in [-0.25, -0.2) is 0 Å². The highest BCUT2D eigenvalue weighted by Crippen LogP contribution is 2.16. The van der Waals surface area contributed by atoms with Crippen LogP contribution in [0.15, 0.2) is 0 Å². The zero-order chi connectivity index (χ0) is 21.8. The van der Waals surface area contributed by atoms with Gasteiger partial charge in [-0.15, -0.1) is 0 Å². The first-order valence-corrected chi connectivity index (χ1v) is 15.6. The molecule has 0 aromatic carbocycles. The van der Waals surface area contributed by atoms with Crippen LogP contribution >= 0.6 is 11.8 Å². The van der Waals surface area contributed by atoms with Crippen LogP contribution in [0.1, 0.15) is 174 Å². The van der Waals surface area contributed by atoms with Gasteiger partial charge in [-0.3, -0.25) is 0 Å². The Balaban J connectivity index is 2.97. The second-order valence-corrected chi connectivity index (χ2v) is 11.0. The van der Waals surface area contributed by atoms with Crippen molar-refractivity contribution in [2.45, 2.75) is 174 Å². The molecular weight excluding hydrogens is 380 g/mol.